The average Bonchev–Trinajstić information content (AvgIpc) is 2.66. The lowest BCUT2D eigenvalue weighted by Crippen LogP contribution is -2.49. The van der Waals surface area contributed by atoms with Crippen molar-refractivity contribution in [3.05, 3.63) is 35.4 Å². The van der Waals surface area contributed by atoms with Crippen LogP contribution in [-0.2, 0) is 20.7 Å². The number of benzene rings is 1. The number of esters is 1. The van der Waals surface area contributed by atoms with Crippen LogP contribution in [0, 0.1) is 0 Å². The van der Waals surface area contributed by atoms with Crippen LogP contribution in [0.25, 0.3) is 0 Å². The second kappa shape index (κ2) is 9.20. The van der Waals surface area contributed by atoms with Crippen molar-refractivity contribution >= 4 is 17.8 Å². The molecule has 1 aromatic carbocycles. The SMILES string of the molecule is CCC(=O)N[C@H]1CCCN(C(=O)CCc2ccc(C(=O)OC)cc2)C1. The van der Waals surface area contributed by atoms with Crippen LogP contribution in [0.3, 0.4) is 0 Å². The smallest absolute Gasteiger partial charge is 0.337 e. The lowest BCUT2D eigenvalue weighted by Gasteiger charge is -2.33. The van der Waals surface area contributed by atoms with Gasteiger partial charge >= 0.3 is 5.97 Å². The molecule has 1 aliphatic rings. The van der Waals surface area contributed by atoms with Gasteiger partial charge < -0.3 is 15.0 Å². The van der Waals surface area contributed by atoms with Crippen LogP contribution in [0.15, 0.2) is 24.3 Å². The highest BCUT2D eigenvalue weighted by Crippen LogP contribution is 2.14. The maximum Gasteiger partial charge on any atom is 0.337 e. The van der Waals surface area contributed by atoms with Crippen LogP contribution >= 0.6 is 0 Å². The predicted octanol–water partition coefficient (Wildman–Crippen LogP) is 1.92. The van der Waals surface area contributed by atoms with E-state index in [2.05, 4.69) is 10.1 Å². The van der Waals surface area contributed by atoms with Crippen molar-refractivity contribution in [1.82, 2.24) is 10.2 Å². The topological polar surface area (TPSA) is 75.7 Å². The third-order valence-electron chi connectivity index (χ3n) is 4.46. The maximum atomic E-state index is 12.4. The number of hydrogen-bond acceptors (Lipinski definition) is 4. The molecule has 6 heteroatoms. The largest absolute Gasteiger partial charge is 0.465 e. The maximum absolute atomic E-state index is 12.4. The Morgan fingerprint density at radius 1 is 1.24 bits per heavy atom. The zero-order chi connectivity index (χ0) is 18.2. The molecule has 1 fully saturated rings. The molecule has 0 radical (unpaired) electrons. The van der Waals surface area contributed by atoms with E-state index in [1.165, 1.54) is 7.11 Å². The van der Waals surface area contributed by atoms with Gasteiger partial charge in [-0.25, -0.2) is 4.79 Å². The molecule has 2 rings (SSSR count). The lowest BCUT2D eigenvalue weighted by molar-refractivity contribution is -0.133. The van der Waals surface area contributed by atoms with Gasteiger partial charge in [0, 0.05) is 32.0 Å². The van der Waals surface area contributed by atoms with Gasteiger partial charge in [0.1, 0.15) is 0 Å². The van der Waals surface area contributed by atoms with Crippen molar-refractivity contribution in [1.29, 1.82) is 0 Å². The molecule has 25 heavy (non-hydrogen) atoms. The van der Waals surface area contributed by atoms with Crippen molar-refractivity contribution in [3.63, 3.8) is 0 Å². The fraction of sp³-hybridized carbons (Fsp3) is 0.526. The summed E-state index contributed by atoms with van der Waals surface area (Å²) in [5.74, 6) is -0.228. The molecule has 0 bridgehead atoms. The Bertz CT molecular complexity index is 612. The van der Waals surface area contributed by atoms with Crippen molar-refractivity contribution in [3.8, 4) is 0 Å². The number of hydrogen-bond donors (Lipinski definition) is 1. The minimum absolute atomic E-state index is 0.0324. The molecule has 0 saturated carbocycles. The van der Waals surface area contributed by atoms with Gasteiger partial charge in [-0.3, -0.25) is 9.59 Å². The van der Waals surface area contributed by atoms with Crippen molar-refractivity contribution in [2.45, 2.75) is 45.1 Å². The highest BCUT2D eigenvalue weighted by atomic mass is 16.5. The first-order valence-electron chi connectivity index (χ1n) is 8.78. The first kappa shape index (κ1) is 19.0. The Kier molecular flexibility index (Phi) is 6.98. The summed E-state index contributed by atoms with van der Waals surface area (Å²) in [6.07, 6.45) is 3.35. The molecule has 0 aromatic heterocycles. The number of nitrogens with one attached hydrogen (secondary N) is 1. The second-order valence-corrected chi connectivity index (χ2v) is 6.29. The van der Waals surface area contributed by atoms with Gasteiger partial charge in [-0.15, -0.1) is 0 Å². The number of methoxy groups -OCH3 is 1. The Hall–Kier alpha value is -2.37. The van der Waals surface area contributed by atoms with Gasteiger partial charge in [-0.1, -0.05) is 19.1 Å². The Morgan fingerprint density at radius 3 is 2.60 bits per heavy atom. The summed E-state index contributed by atoms with van der Waals surface area (Å²) in [5.41, 5.74) is 1.51. The number of aryl methyl sites for hydroxylation is 1. The number of ether oxygens (including phenoxy) is 1. The summed E-state index contributed by atoms with van der Waals surface area (Å²) in [4.78, 5) is 37.2. The van der Waals surface area contributed by atoms with Crippen LogP contribution in [-0.4, -0.2) is 48.9 Å². The van der Waals surface area contributed by atoms with E-state index in [-0.39, 0.29) is 23.8 Å². The Balaban J connectivity index is 1.83. The van der Waals surface area contributed by atoms with Gasteiger partial charge in [0.25, 0.3) is 0 Å². The van der Waals surface area contributed by atoms with Crippen LogP contribution in [0.5, 0.6) is 0 Å². The van der Waals surface area contributed by atoms with Crippen LogP contribution in [0.1, 0.15) is 48.5 Å². The van der Waals surface area contributed by atoms with E-state index in [0.29, 0.717) is 31.4 Å². The van der Waals surface area contributed by atoms with Gasteiger partial charge in [-0.2, -0.15) is 0 Å². The van der Waals surface area contributed by atoms with Gasteiger partial charge in [-0.05, 0) is 37.0 Å². The van der Waals surface area contributed by atoms with E-state index in [9.17, 15) is 14.4 Å². The average molecular weight is 346 g/mol. The number of rotatable bonds is 6. The van der Waals surface area contributed by atoms with Gasteiger partial charge in [0.05, 0.1) is 12.7 Å². The minimum Gasteiger partial charge on any atom is -0.465 e. The van der Waals surface area contributed by atoms with E-state index < -0.39 is 0 Å². The highest BCUT2D eigenvalue weighted by Gasteiger charge is 2.24. The molecular weight excluding hydrogens is 320 g/mol. The summed E-state index contributed by atoms with van der Waals surface area (Å²) in [5, 5.41) is 2.97. The zero-order valence-corrected chi connectivity index (χ0v) is 14.9. The van der Waals surface area contributed by atoms with E-state index in [0.717, 1.165) is 24.9 Å². The molecule has 0 spiro atoms. The third-order valence-corrected chi connectivity index (χ3v) is 4.46. The molecule has 2 amide bonds. The van der Waals surface area contributed by atoms with Crippen LogP contribution in [0.2, 0.25) is 0 Å². The number of carbonyl (C=O) groups excluding carboxylic acids is 3. The second-order valence-electron chi connectivity index (χ2n) is 6.29. The number of carbonyl (C=O) groups is 3. The molecule has 1 N–H and O–H groups in total. The summed E-state index contributed by atoms with van der Waals surface area (Å²) in [7, 11) is 1.35. The van der Waals surface area contributed by atoms with E-state index >= 15 is 0 Å². The fourth-order valence-corrected chi connectivity index (χ4v) is 2.99. The monoisotopic (exact) mass is 346 g/mol. The molecule has 1 aromatic rings. The van der Waals surface area contributed by atoms with E-state index in [4.69, 9.17) is 0 Å². The molecule has 1 saturated heterocycles. The van der Waals surface area contributed by atoms with Crippen LogP contribution in [0.4, 0.5) is 0 Å². The molecule has 6 nitrogen and oxygen atoms in total. The van der Waals surface area contributed by atoms with Crippen molar-refractivity contribution in [2.24, 2.45) is 0 Å². The first-order valence-corrected chi connectivity index (χ1v) is 8.78. The summed E-state index contributed by atoms with van der Waals surface area (Å²) < 4.78 is 4.67. The summed E-state index contributed by atoms with van der Waals surface area (Å²) in [6, 6.07) is 7.18. The summed E-state index contributed by atoms with van der Waals surface area (Å²) in [6.45, 7) is 3.16. The predicted molar refractivity (Wildman–Crippen MR) is 94.1 cm³/mol. The molecule has 1 atom stereocenters. The zero-order valence-electron chi connectivity index (χ0n) is 14.9. The van der Waals surface area contributed by atoms with E-state index in [1.807, 2.05) is 24.0 Å². The molecular formula is C19H26N2O4. The minimum atomic E-state index is -0.365. The Morgan fingerprint density at radius 2 is 1.96 bits per heavy atom. The standard InChI is InChI=1S/C19H26N2O4/c1-3-17(22)20-16-5-4-12-21(13-16)18(23)11-8-14-6-9-15(10-7-14)19(24)25-2/h6-7,9-10,16H,3-5,8,11-13H2,1-2H3,(H,20,22)/t16-/m0/s1. The molecule has 1 heterocycles. The van der Waals surface area contributed by atoms with Gasteiger partial charge in [0.15, 0.2) is 0 Å². The highest BCUT2D eigenvalue weighted by molar-refractivity contribution is 5.89. The molecule has 136 valence electrons. The van der Waals surface area contributed by atoms with Gasteiger partial charge in [0.2, 0.25) is 11.8 Å². The summed E-state index contributed by atoms with van der Waals surface area (Å²) >= 11 is 0. The number of amides is 2. The fourth-order valence-electron chi connectivity index (χ4n) is 2.99. The Labute approximate surface area is 148 Å². The lowest BCUT2D eigenvalue weighted by atomic mass is 10.0. The van der Waals surface area contributed by atoms with Crippen molar-refractivity contribution in [2.75, 3.05) is 20.2 Å². The normalized spacial score (nSPS) is 17.0. The number of piperidine rings is 1. The quantitative estimate of drug-likeness (QED) is 0.799. The molecule has 0 unspecified atom stereocenters. The van der Waals surface area contributed by atoms with Crippen LogP contribution < -0.4 is 5.32 Å². The third kappa shape index (κ3) is 5.59. The number of likely N-dealkylation sites (tertiary alicyclic amines) is 1. The molecule has 0 aliphatic carbocycles. The number of nitrogens with zero attached hydrogens (tertiary/aromatic N) is 1. The molecule has 1 aliphatic heterocycles. The van der Waals surface area contributed by atoms with E-state index in [1.54, 1.807) is 12.1 Å². The van der Waals surface area contributed by atoms with Crippen molar-refractivity contribution < 1.29 is 19.1 Å². The first-order chi connectivity index (χ1) is 12.0.